The predicted molar refractivity (Wildman–Crippen MR) is 64.2 cm³/mol. The number of anilines is 1. The molecule has 76 valence electrons. The van der Waals surface area contributed by atoms with Gasteiger partial charge in [-0.25, -0.2) is 0 Å². The van der Waals surface area contributed by atoms with E-state index in [4.69, 9.17) is 5.73 Å². The number of hydrogen-bond acceptors (Lipinski definition) is 2. The third-order valence-electron chi connectivity index (χ3n) is 2.08. The molecule has 0 fully saturated rings. The Morgan fingerprint density at radius 2 is 1.80 bits per heavy atom. The fraction of sp³-hybridized carbons (Fsp3) is 0. The van der Waals surface area contributed by atoms with Crippen LogP contribution in [0.25, 0.3) is 5.69 Å². The van der Waals surface area contributed by atoms with Crippen LogP contribution in [0.5, 0.6) is 0 Å². The van der Waals surface area contributed by atoms with Crippen LogP contribution in [-0.2, 0) is 0 Å². The summed E-state index contributed by atoms with van der Waals surface area (Å²) >= 11 is 3.34. The van der Waals surface area contributed by atoms with Gasteiger partial charge in [0.25, 0.3) is 5.56 Å². The summed E-state index contributed by atoms with van der Waals surface area (Å²) in [6.07, 6.45) is 1.70. The lowest BCUT2D eigenvalue weighted by Crippen LogP contribution is -2.20. The first-order valence-electron chi connectivity index (χ1n) is 4.41. The van der Waals surface area contributed by atoms with Crippen LogP contribution < -0.4 is 11.3 Å². The minimum Gasteiger partial charge on any atom is -0.394 e. The van der Waals surface area contributed by atoms with Crippen molar-refractivity contribution in [2.45, 2.75) is 0 Å². The van der Waals surface area contributed by atoms with Gasteiger partial charge in [0, 0.05) is 16.4 Å². The lowest BCUT2D eigenvalue weighted by molar-refractivity contribution is 0.994. The second-order valence-electron chi connectivity index (χ2n) is 3.12. The van der Waals surface area contributed by atoms with Gasteiger partial charge in [-0.3, -0.25) is 9.36 Å². The van der Waals surface area contributed by atoms with Crippen molar-refractivity contribution in [1.82, 2.24) is 4.57 Å². The molecule has 1 aromatic heterocycles. The second kappa shape index (κ2) is 3.90. The highest BCUT2D eigenvalue weighted by Crippen LogP contribution is 2.12. The molecule has 0 aliphatic carbocycles. The molecular weight excluding hydrogens is 256 g/mol. The van der Waals surface area contributed by atoms with E-state index < -0.39 is 0 Å². The number of benzene rings is 1. The van der Waals surface area contributed by atoms with Crippen molar-refractivity contribution >= 4 is 21.6 Å². The molecule has 0 unspecified atom stereocenters. The SMILES string of the molecule is Nc1cccn(-c2ccc(Br)cc2)c1=O. The molecule has 0 bridgehead atoms. The minimum atomic E-state index is -0.195. The highest BCUT2D eigenvalue weighted by Gasteiger charge is 2.00. The highest BCUT2D eigenvalue weighted by molar-refractivity contribution is 9.10. The van der Waals surface area contributed by atoms with E-state index in [2.05, 4.69) is 15.9 Å². The molecule has 3 nitrogen and oxygen atoms in total. The Bertz CT molecular complexity index is 531. The molecule has 0 spiro atoms. The van der Waals surface area contributed by atoms with Crippen LogP contribution >= 0.6 is 15.9 Å². The maximum atomic E-state index is 11.7. The monoisotopic (exact) mass is 264 g/mol. The van der Waals surface area contributed by atoms with E-state index in [0.717, 1.165) is 10.2 Å². The molecule has 2 rings (SSSR count). The first-order valence-corrected chi connectivity index (χ1v) is 5.21. The summed E-state index contributed by atoms with van der Waals surface area (Å²) in [5.41, 5.74) is 6.40. The number of pyridine rings is 1. The van der Waals surface area contributed by atoms with E-state index in [-0.39, 0.29) is 11.2 Å². The number of nitrogen functional groups attached to an aromatic ring is 1. The summed E-state index contributed by atoms with van der Waals surface area (Å²) in [5.74, 6) is 0. The van der Waals surface area contributed by atoms with Gasteiger partial charge in [-0.05, 0) is 36.4 Å². The summed E-state index contributed by atoms with van der Waals surface area (Å²) in [4.78, 5) is 11.7. The standard InChI is InChI=1S/C11H9BrN2O/c12-8-3-5-9(6-4-8)14-7-1-2-10(13)11(14)15/h1-7H,13H2. The van der Waals surface area contributed by atoms with Gasteiger partial charge >= 0.3 is 0 Å². The van der Waals surface area contributed by atoms with Crippen molar-refractivity contribution in [3.8, 4) is 5.69 Å². The number of rotatable bonds is 1. The van der Waals surface area contributed by atoms with Gasteiger partial charge in [-0.2, -0.15) is 0 Å². The molecule has 0 amide bonds. The van der Waals surface area contributed by atoms with Crippen molar-refractivity contribution < 1.29 is 0 Å². The van der Waals surface area contributed by atoms with Crippen molar-refractivity contribution in [2.24, 2.45) is 0 Å². The lowest BCUT2D eigenvalue weighted by Gasteiger charge is -2.05. The molecule has 1 heterocycles. The molecule has 2 aromatic rings. The van der Waals surface area contributed by atoms with E-state index in [1.165, 1.54) is 4.57 Å². The van der Waals surface area contributed by atoms with Crippen LogP contribution in [0.3, 0.4) is 0 Å². The Balaban J connectivity index is 2.59. The summed E-state index contributed by atoms with van der Waals surface area (Å²) < 4.78 is 2.49. The van der Waals surface area contributed by atoms with Crippen molar-refractivity contribution in [1.29, 1.82) is 0 Å². The van der Waals surface area contributed by atoms with Crippen molar-refractivity contribution in [2.75, 3.05) is 5.73 Å². The largest absolute Gasteiger partial charge is 0.394 e. The van der Waals surface area contributed by atoms with Crippen LogP contribution in [0, 0.1) is 0 Å². The van der Waals surface area contributed by atoms with Gasteiger partial charge in [0.2, 0.25) is 0 Å². The molecule has 0 saturated heterocycles. The topological polar surface area (TPSA) is 48.0 Å². The van der Waals surface area contributed by atoms with Crippen LogP contribution in [0.1, 0.15) is 0 Å². The third kappa shape index (κ3) is 1.94. The number of nitrogens with zero attached hydrogens (tertiary/aromatic N) is 1. The summed E-state index contributed by atoms with van der Waals surface area (Å²) in [6.45, 7) is 0. The summed E-state index contributed by atoms with van der Waals surface area (Å²) in [7, 11) is 0. The Morgan fingerprint density at radius 3 is 2.47 bits per heavy atom. The zero-order valence-electron chi connectivity index (χ0n) is 7.85. The Labute approximate surface area is 95.3 Å². The number of halogens is 1. The highest BCUT2D eigenvalue weighted by atomic mass is 79.9. The second-order valence-corrected chi connectivity index (χ2v) is 4.03. The normalized spacial score (nSPS) is 10.2. The molecule has 0 aliphatic heterocycles. The zero-order chi connectivity index (χ0) is 10.8. The molecule has 4 heteroatoms. The van der Waals surface area contributed by atoms with Crippen LogP contribution in [-0.4, -0.2) is 4.57 Å². The maximum absolute atomic E-state index is 11.7. The molecule has 0 radical (unpaired) electrons. The molecule has 15 heavy (non-hydrogen) atoms. The van der Waals surface area contributed by atoms with Crippen LogP contribution in [0.15, 0.2) is 51.9 Å². The summed E-state index contributed by atoms with van der Waals surface area (Å²) in [6, 6.07) is 10.8. The minimum absolute atomic E-state index is 0.195. The number of aromatic nitrogens is 1. The van der Waals surface area contributed by atoms with Crippen LogP contribution in [0.2, 0.25) is 0 Å². The molecule has 0 saturated carbocycles. The van der Waals surface area contributed by atoms with Crippen molar-refractivity contribution in [3.05, 3.63) is 57.4 Å². The van der Waals surface area contributed by atoms with Gasteiger partial charge < -0.3 is 5.73 Å². The van der Waals surface area contributed by atoms with Gasteiger partial charge in [0.05, 0.1) is 5.69 Å². The average Bonchev–Trinajstić information content (AvgIpc) is 2.24. The Morgan fingerprint density at radius 1 is 1.13 bits per heavy atom. The van der Waals surface area contributed by atoms with E-state index in [0.29, 0.717) is 0 Å². The first-order chi connectivity index (χ1) is 7.18. The smallest absolute Gasteiger partial charge is 0.278 e. The Hall–Kier alpha value is -1.55. The van der Waals surface area contributed by atoms with Crippen LogP contribution in [0.4, 0.5) is 5.69 Å². The molecule has 2 N–H and O–H groups in total. The fourth-order valence-corrected chi connectivity index (χ4v) is 1.58. The van der Waals surface area contributed by atoms with Crippen molar-refractivity contribution in [3.63, 3.8) is 0 Å². The van der Waals surface area contributed by atoms with Gasteiger partial charge in [-0.1, -0.05) is 15.9 Å². The van der Waals surface area contributed by atoms with E-state index in [1.54, 1.807) is 18.3 Å². The molecule has 0 atom stereocenters. The first kappa shape index (κ1) is 9.98. The van der Waals surface area contributed by atoms with E-state index in [9.17, 15) is 4.79 Å². The fourth-order valence-electron chi connectivity index (χ4n) is 1.32. The predicted octanol–water partition coefficient (Wildman–Crippen LogP) is 2.18. The third-order valence-corrected chi connectivity index (χ3v) is 2.61. The number of hydrogen-bond donors (Lipinski definition) is 1. The van der Waals surface area contributed by atoms with Gasteiger partial charge in [0.15, 0.2) is 0 Å². The maximum Gasteiger partial charge on any atom is 0.278 e. The zero-order valence-corrected chi connectivity index (χ0v) is 9.44. The van der Waals surface area contributed by atoms with E-state index in [1.807, 2.05) is 24.3 Å². The average molecular weight is 265 g/mol. The molecular formula is C11H9BrN2O. The summed E-state index contributed by atoms with van der Waals surface area (Å²) in [5, 5.41) is 0. The quantitative estimate of drug-likeness (QED) is 0.859. The van der Waals surface area contributed by atoms with Gasteiger partial charge in [-0.15, -0.1) is 0 Å². The number of nitrogens with two attached hydrogens (primary N) is 1. The molecule has 1 aromatic carbocycles. The lowest BCUT2D eigenvalue weighted by atomic mass is 10.3. The Kier molecular flexibility index (Phi) is 2.60. The van der Waals surface area contributed by atoms with Gasteiger partial charge in [0.1, 0.15) is 0 Å². The molecule has 0 aliphatic rings. The van der Waals surface area contributed by atoms with E-state index >= 15 is 0 Å².